The Morgan fingerprint density at radius 3 is 2.57 bits per heavy atom. The average Bonchev–Trinajstić information content (AvgIpc) is 2.46. The second kappa shape index (κ2) is 7.07. The van der Waals surface area contributed by atoms with Crippen molar-refractivity contribution in [1.29, 1.82) is 0 Å². The van der Waals surface area contributed by atoms with Crippen molar-refractivity contribution in [1.82, 2.24) is 9.21 Å². The van der Waals surface area contributed by atoms with Crippen molar-refractivity contribution in [2.45, 2.75) is 25.7 Å². The SMILES string of the molecule is COC(=O)[C@H]1CCCN(CC2CCCN(S(C)(=O)=O)C2)C1. The molecule has 2 saturated heterocycles. The van der Waals surface area contributed by atoms with E-state index >= 15 is 0 Å². The zero-order valence-electron chi connectivity index (χ0n) is 13.0. The Balaban J connectivity index is 1.87. The molecule has 1 unspecified atom stereocenters. The van der Waals surface area contributed by atoms with E-state index in [2.05, 4.69) is 4.90 Å². The summed E-state index contributed by atoms with van der Waals surface area (Å²) in [7, 11) is -1.65. The molecule has 0 N–H and O–H groups in total. The molecule has 21 heavy (non-hydrogen) atoms. The van der Waals surface area contributed by atoms with Crippen molar-refractivity contribution in [2.24, 2.45) is 11.8 Å². The molecule has 0 saturated carbocycles. The lowest BCUT2D eigenvalue weighted by molar-refractivity contribution is -0.147. The molecule has 7 heteroatoms. The molecule has 0 aromatic heterocycles. The molecule has 2 heterocycles. The number of ether oxygens (including phenoxy) is 1. The molecule has 6 nitrogen and oxygen atoms in total. The minimum atomic E-state index is -3.09. The highest BCUT2D eigenvalue weighted by Crippen LogP contribution is 2.23. The van der Waals surface area contributed by atoms with E-state index in [4.69, 9.17) is 4.74 Å². The summed E-state index contributed by atoms with van der Waals surface area (Å²) in [5.74, 6) is 0.212. The van der Waals surface area contributed by atoms with Gasteiger partial charge in [-0.25, -0.2) is 12.7 Å². The third kappa shape index (κ3) is 4.66. The van der Waals surface area contributed by atoms with E-state index in [9.17, 15) is 13.2 Å². The number of methoxy groups -OCH3 is 1. The lowest BCUT2D eigenvalue weighted by atomic mass is 9.94. The first-order valence-electron chi connectivity index (χ1n) is 7.65. The van der Waals surface area contributed by atoms with Crippen LogP contribution in [0.4, 0.5) is 0 Å². The fraction of sp³-hybridized carbons (Fsp3) is 0.929. The van der Waals surface area contributed by atoms with Gasteiger partial charge in [-0.15, -0.1) is 0 Å². The number of piperidine rings is 2. The fourth-order valence-electron chi connectivity index (χ4n) is 3.42. The van der Waals surface area contributed by atoms with E-state index < -0.39 is 10.0 Å². The van der Waals surface area contributed by atoms with Gasteiger partial charge < -0.3 is 9.64 Å². The smallest absolute Gasteiger partial charge is 0.309 e. The minimum absolute atomic E-state index is 0.0293. The fourth-order valence-corrected chi connectivity index (χ4v) is 4.37. The minimum Gasteiger partial charge on any atom is -0.469 e. The van der Waals surface area contributed by atoms with E-state index in [0.717, 1.165) is 45.3 Å². The van der Waals surface area contributed by atoms with Crippen molar-refractivity contribution in [2.75, 3.05) is 46.1 Å². The maximum atomic E-state index is 11.7. The Hall–Kier alpha value is -0.660. The van der Waals surface area contributed by atoms with Crippen molar-refractivity contribution in [3.8, 4) is 0 Å². The van der Waals surface area contributed by atoms with Gasteiger partial charge in [-0.3, -0.25) is 4.79 Å². The maximum Gasteiger partial charge on any atom is 0.309 e. The quantitative estimate of drug-likeness (QED) is 0.708. The van der Waals surface area contributed by atoms with E-state index in [1.54, 1.807) is 4.31 Å². The van der Waals surface area contributed by atoms with E-state index in [-0.39, 0.29) is 11.9 Å². The molecule has 2 fully saturated rings. The van der Waals surface area contributed by atoms with Crippen LogP contribution in [0.15, 0.2) is 0 Å². The van der Waals surface area contributed by atoms with Gasteiger partial charge in [0.15, 0.2) is 0 Å². The molecule has 2 rings (SSSR count). The summed E-state index contributed by atoms with van der Waals surface area (Å²) in [6.07, 6.45) is 5.16. The molecule has 0 aromatic carbocycles. The molecule has 0 bridgehead atoms. The van der Waals surface area contributed by atoms with E-state index in [1.807, 2.05) is 0 Å². The van der Waals surface area contributed by atoms with Crippen LogP contribution in [-0.2, 0) is 19.6 Å². The molecule has 2 aliphatic heterocycles. The number of carbonyl (C=O) groups is 1. The molecular weight excluding hydrogens is 292 g/mol. The van der Waals surface area contributed by atoms with Gasteiger partial charge in [0.1, 0.15) is 0 Å². The maximum absolute atomic E-state index is 11.7. The first-order chi connectivity index (χ1) is 9.90. The predicted octanol–water partition coefficient (Wildman–Crippen LogP) is 0.543. The normalized spacial score (nSPS) is 29.2. The van der Waals surface area contributed by atoms with Crippen molar-refractivity contribution < 1.29 is 17.9 Å². The summed E-state index contributed by atoms with van der Waals surface area (Å²) in [5.41, 5.74) is 0. The Labute approximate surface area is 127 Å². The van der Waals surface area contributed by atoms with Crippen LogP contribution in [0.3, 0.4) is 0 Å². The molecule has 2 atom stereocenters. The van der Waals surface area contributed by atoms with Crippen LogP contribution in [0.25, 0.3) is 0 Å². The van der Waals surface area contributed by atoms with Crippen LogP contribution in [0.5, 0.6) is 0 Å². The third-order valence-electron chi connectivity index (χ3n) is 4.51. The van der Waals surface area contributed by atoms with Crippen molar-refractivity contribution in [3.63, 3.8) is 0 Å². The van der Waals surface area contributed by atoms with E-state index in [1.165, 1.54) is 13.4 Å². The second-order valence-corrected chi connectivity index (χ2v) is 8.23. The summed E-state index contributed by atoms with van der Waals surface area (Å²) in [4.78, 5) is 13.9. The van der Waals surface area contributed by atoms with Gasteiger partial charge in [0.2, 0.25) is 10.0 Å². The van der Waals surface area contributed by atoms with Gasteiger partial charge >= 0.3 is 5.97 Å². The summed E-state index contributed by atoms with van der Waals surface area (Å²) in [6.45, 7) is 3.85. The number of likely N-dealkylation sites (tertiary alicyclic amines) is 1. The van der Waals surface area contributed by atoms with E-state index in [0.29, 0.717) is 19.0 Å². The van der Waals surface area contributed by atoms with Crippen molar-refractivity contribution >= 4 is 16.0 Å². The van der Waals surface area contributed by atoms with Gasteiger partial charge in [0.05, 0.1) is 19.3 Å². The van der Waals surface area contributed by atoms with Crippen molar-refractivity contribution in [3.05, 3.63) is 0 Å². The number of nitrogens with zero attached hydrogens (tertiary/aromatic N) is 2. The van der Waals surface area contributed by atoms with Crippen LogP contribution in [0.2, 0.25) is 0 Å². The number of hydrogen-bond acceptors (Lipinski definition) is 5. The van der Waals surface area contributed by atoms with Crippen LogP contribution < -0.4 is 0 Å². The third-order valence-corrected chi connectivity index (χ3v) is 5.78. The Morgan fingerprint density at radius 1 is 1.19 bits per heavy atom. The predicted molar refractivity (Wildman–Crippen MR) is 80.3 cm³/mol. The highest BCUT2D eigenvalue weighted by atomic mass is 32.2. The van der Waals surface area contributed by atoms with Crippen LogP contribution in [-0.4, -0.2) is 69.7 Å². The van der Waals surface area contributed by atoms with Gasteiger partial charge in [0, 0.05) is 26.2 Å². The lowest BCUT2D eigenvalue weighted by Gasteiger charge is -2.37. The zero-order valence-corrected chi connectivity index (χ0v) is 13.8. The standard InChI is InChI=1S/C14H26N2O4S/c1-20-14(17)13-6-4-7-15(11-13)9-12-5-3-8-16(10-12)21(2,18)19/h12-13H,3-11H2,1-2H3/t12?,13-/m0/s1. The van der Waals surface area contributed by atoms with Gasteiger partial charge in [0.25, 0.3) is 0 Å². The van der Waals surface area contributed by atoms with Gasteiger partial charge in [-0.1, -0.05) is 0 Å². The number of sulfonamides is 1. The molecule has 0 spiro atoms. The average molecular weight is 318 g/mol. The molecule has 0 radical (unpaired) electrons. The summed E-state index contributed by atoms with van der Waals surface area (Å²) >= 11 is 0. The Kier molecular flexibility index (Phi) is 5.62. The monoisotopic (exact) mass is 318 g/mol. The lowest BCUT2D eigenvalue weighted by Crippen LogP contribution is -2.46. The molecular formula is C14H26N2O4S. The molecule has 0 aliphatic carbocycles. The highest BCUT2D eigenvalue weighted by Gasteiger charge is 2.30. The molecule has 122 valence electrons. The topological polar surface area (TPSA) is 66.9 Å². The summed E-state index contributed by atoms with van der Waals surface area (Å²) < 4.78 is 29.7. The van der Waals surface area contributed by atoms with Gasteiger partial charge in [-0.2, -0.15) is 0 Å². The number of hydrogen-bond donors (Lipinski definition) is 0. The highest BCUT2D eigenvalue weighted by molar-refractivity contribution is 7.88. The first kappa shape index (κ1) is 16.7. The van der Waals surface area contributed by atoms with Crippen LogP contribution in [0.1, 0.15) is 25.7 Å². The number of carbonyl (C=O) groups excluding carboxylic acids is 1. The Morgan fingerprint density at radius 2 is 1.90 bits per heavy atom. The van der Waals surface area contributed by atoms with Crippen LogP contribution in [0, 0.1) is 11.8 Å². The zero-order chi connectivity index (χ0) is 15.5. The molecule has 0 aromatic rings. The summed E-state index contributed by atoms with van der Waals surface area (Å²) in [5, 5.41) is 0. The second-order valence-electron chi connectivity index (χ2n) is 6.25. The largest absolute Gasteiger partial charge is 0.469 e. The molecule has 2 aliphatic rings. The van der Waals surface area contributed by atoms with Gasteiger partial charge in [-0.05, 0) is 38.1 Å². The van der Waals surface area contributed by atoms with Crippen LogP contribution >= 0.6 is 0 Å². The first-order valence-corrected chi connectivity index (χ1v) is 9.50. The Bertz CT molecular complexity index is 466. The number of esters is 1. The number of rotatable bonds is 4. The summed E-state index contributed by atoms with van der Waals surface area (Å²) in [6, 6.07) is 0. The molecule has 0 amide bonds.